The van der Waals surface area contributed by atoms with Crippen LogP contribution in [0.1, 0.15) is 18.4 Å². The number of nitrogens with zero attached hydrogens (tertiary/aromatic N) is 2. The van der Waals surface area contributed by atoms with Crippen LogP contribution in [0.15, 0.2) is 47.2 Å². The minimum atomic E-state index is 0.484. The van der Waals surface area contributed by atoms with Crippen LogP contribution in [0.5, 0.6) is 0 Å². The SMILES string of the molecule is CC(Cn1cc(Br)cn1)c1ccccc1. The molecule has 0 saturated heterocycles. The quantitative estimate of drug-likeness (QED) is 0.831. The highest BCUT2D eigenvalue weighted by Gasteiger charge is 2.06. The summed E-state index contributed by atoms with van der Waals surface area (Å²) in [6, 6.07) is 10.5. The lowest BCUT2D eigenvalue weighted by molar-refractivity contribution is 0.543. The van der Waals surface area contributed by atoms with E-state index in [0.717, 1.165) is 11.0 Å². The van der Waals surface area contributed by atoms with Crippen LogP contribution in [-0.2, 0) is 6.54 Å². The molecule has 2 nitrogen and oxygen atoms in total. The Bertz CT molecular complexity index is 422. The number of halogens is 1. The average molecular weight is 265 g/mol. The maximum Gasteiger partial charge on any atom is 0.0632 e. The molecule has 0 N–H and O–H groups in total. The third kappa shape index (κ3) is 2.69. The van der Waals surface area contributed by atoms with Gasteiger partial charge in [0.15, 0.2) is 0 Å². The summed E-state index contributed by atoms with van der Waals surface area (Å²) in [6.45, 7) is 3.13. The summed E-state index contributed by atoms with van der Waals surface area (Å²) in [6.07, 6.45) is 3.82. The first-order valence-corrected chi connectivity index (χ1v) is 5.78. The summed E-state index contributed by atoms with van der Waals surface area (Å²) in [5.74, 6) is 0.484. The Hall–Kier alpha value is -1.09. The molecule has 0 saturated carbocycles. The Kier molecular flexibility index (Phi) is 3.21. The van der Waals surface area contributed by atoms with Crippen LogP contribution in [0.3, 0.4) is 0 Å². The van der Waals surface area contributed by atoms with E-state index in [9.17, 15) is 0 Å². The average Bonchev–Trinajstić information content (AvgIpc) is 2.65. The van der Waals surface area contributed by atoms with Crippen molar-refractivity contribution in [3.05, 3.63) is 52.8 Å². The van der Waals surface area contributed by atoms with Gasteiger partial charge in [0.05, 0.1) is 10.7 Å². The Morgan fingerprint density at radius 1 is 1.33 bits per heavy atom. The topological polar surface area (TPSA) is 17.8 Å². The highest BCUT2D eigenvalue weighted by Crippen LogP contribution is 2.17. The first-order valence-electron chi connectivity index (χ1n) is 4.98. The fourth-order valence-electron chi connectivity index (χ4n) is 1.61. The molecule has 15 heavy (non-hydrogen) atoms. The molecule has 3 heteroatoms. The number of benzene rings is 1. The third-order valence-electron chi connectivity index (χ3n) is 2.43. The number of rotatable bonds is 3. The molecule has 0 bridgehead atoms. The Morgan fingerprint density at radius 3 is 2.67 bits per heavy atom. The predicted molar refractivity (Wildman–Crippen MR) is 64.8 cm³/mol. The lowest BCUT2D eigenvalue weighted by Crippen LogP contribution is -2.06. The van der Waals surface area contributed by atoms with E-state index in [2.05, 4.69) is 52.2 Å². The summed E-state index contributed by atoms with van der Waals surface area (Å²) in [4.78, 5) is 0. The summed E-state index contributed by atoms with van der Waals surface area (Å²) in [5, 5.41) is 4.25. The van der Waals surface area contributed by atoms with Crippen molar-refractivity contribution in [1.29, 1.82) is 0 Å². The molecule has 1 heterocycles. The molecule has 1 unspecified atom stereocenters. The van der Waals surface area contributed by atoms with Crippen molar-refractivity contribution in [2.24, 2.45) is 0 Å². The van der Waals surface area contributed by atoms with Crippen LogP contribution in [0.2, 0.25) is 0 Å². The van der Waals surface area contributed by atoms with Crippen molar-refractivity contribution >= 4 is 15.9 Å². The first-order chi connectivity index (χ1) is 7.25. The van der Waals surface area contributed by atoms with E-state index in [1.807, 2.05) is 23.1 Å². The summed E-state index contributed by atoms with van der Waals surface area (Å²) in [7, 11) is 0. The van der Waals surface area contributed by atoms with Gasteiger partial charge in [-0.1, -0.05) is 37.3 Å². The van der Waals surface area contributed by atoms with Crippen molar-refractivity contribution < 1.29 is 0 Å². The number of aromatic nitrogens is 2. The molecule has 1 aromatic carbocycles. The normalized spacial score (nSPS) is 12.7. The minimum absolute atomic E-state index is 0.484. The summed E-state index contributed by atoms with van der Waals surface area (Å²) >= 11 is 3.39. The van der Waals surface area contributed by atoms with Gasteiger partial charge in [-0.25, -0.2) is 0 Å². The molecule has 0 radical (unpaired) electrons. The van der Waals surface area contributed by atoms with E-state index in [1.54, 1.807) is 0 Å². The van der Waals surface area contributed by atoms with Gasteiger partial charge < -0.3 is 0 Å². The molecule has 2 aromatic rings. The fraction of sp³-hybridized carbons (Fsp3) is 0.250. The van der Waals surface area contributed by atoms with Gasteiger partial charge >= 0.3 is 0 Å². The molecule has 78 valence electrons. The highest BCUT2D eigenvalue weighted by molar-refractivity contribution is 9.10. The number of hydrogen-bond acceptors (Lipinski definition) is 1. The van der Waals surface area contributed by atoms with Crippen LogP contribution < -0.4 is 0 Å². The molecule has 1 atom stereocenters. The maximum absolute atomic E-state index is 4.25. The Labute approximate surface area is 98.1 Å². The zero-order valence-electron chi connectivity index (χ0n) is 8.60. The fourth-order valence-corrected chi connectivity index (χ4v) is 1.93. The van der Waals surface area contributed by atoms with Crippen molar-refractivity contribution in [2.45, 2.75) is 19.4 Å². The monoisotopic (exact) mass is 264 g/mol. The van der Waals surface area contributed by atoms with Crippen LogP contribution in [0, 0.1) is 0 Å². The van der Waals surface area contributed by atoms with Crippen LogP contribution >= 0.6 is 15.9 Å². The highest BCUT2D eigenvalue weighted by atomic mass is 79.9. The van der Waals surface area contributed by atoms with Gasteiger partial charge in [0.2, 0.25) is 0 Å². The summed E-state index contributed by atoms with van der Waals surface area (Å²) in [5.41, 5.74) is 1.35. The molecule has 2 rings (SSSR count). The largest absolute Gasteiger partial charge is 0.271 e. The van der Waals surface area contributed by atoms with Gasteiger partial charge in [-0.2, -0.15) is 5.10 Å². The van der Waals surface area contributed by atoms with Crippen molar-refractivity contribution in [3.63, 3.8) is 0 Å². The lowest BCUT2D eigenvalue weighted by atomic mass is 10.0. The molecule has 0 aliphatic heterocycles. The van der Waals surface area contributed by atoms with Crippen LogP contribution in [0.25, 0.3) is 0 Å². The molecule has 0 aliphatic rings. The van der Waals surface area contributed by atoms with E-state index in [-0.39, 0.29) is 0 Å². The summed E-state index contributed by atoms with van der Waals surface area (Å²) < 4.78 is 2.99. The van der Waals surface area contributed by atoms with Crippen molar-refractivity contribution in [2.75, 3.05) is 0 Å². The van der Waals surface area contributed by atoms with Crippen LogP contribution in [-0.4, -0.2) is 9.78 Å². The third-order valence-corrected chi connectivity index (χ3v) is 2.84. The molecule has 0 fully saturated rings. The first kappa shape index (κ1) is 10.4. The second-order valence-electron chi connectivity index (χ2n) is 3.69. The Morgan fingerprint density at radius 2 is 2.07 bits per heavy atom. The second kappa shape index (κ2) is 4.62. The van der Waals surface area contributed by atoms with Crippen LogP contribution in [0.4, 0.5) is 0 Å². The number of hydrogen-bond donors (Lipinski definition) is 0. The molecular formula is C12H13BrN2. The van der Waals surface area contributed by atoms with Gasteiger partial charge in [0.1, 0.15) is 0 Å². The Balaban J connectivity index is 2.07. The maximum atomic E-state index is 4.25. The second-order valence-corrected chi connectivity index (χ2v) is 4.61. The predicted octanol–water partition coefficient (Wildman–Crippen LogP) is 3.45. The van der Waals surface area contributed by atoms with Gasteiger partial charge in [-0.05, 0) is 21.5 Å². The molecule has 0 amide bonds. The van der Waals surface area contributed by atoms with E-state index in [1.165, 1.54) is 5.56 Å². The van der Waals surface area contributed by atoms with Crippen molar-refractivity contribution in [3.8, 4) is 0 Å². The van der Waals surface area contributed by atoms with E-state index in [4.69, 9.17) is 0 Å². The van der Waals surface area contributed by atoms with Gasteiger partial charge in [-0.15, -0.1) is 0 Å². The molecule has 1 aromatic heterocycles. The molecular weight excluding hydrogens is 252 g/mol. The smallest absolute Gasteiger partial charge is 0.0632 e. The van der Waals surface area contributed by atoms with E-state index in [0.29, 0.717) is 5.92 Å². The minimum Gasteiger partial charge on any atom is -0.271 e. The molecule has 0 aliphatic carbocycles. The van der Waals surface area contributed by atoms with Crippen molar-refractivity contribution in [1.82, 2.24) is 9.78 Å². The zero-order chi connectivity index (χ0) is 10.7. The lowest BCUT2D eigenvalue weighted by Gasteiger charge is -2.11. The van der Waals surface area contributed by atoms with E-state index >= 15 is 0 Å². The standard InChI is InChI=1S/C12H13BrN2/c1-10(11-5-3-2-4-6-11)8-15-9-12(13)7-14-15/h2-7,9-10H,8H2,1H3. The van der Waals surface area contributed by atoms with Gasteiger partial charge in [-0.3, -0.25) is 4.68 Å². The van der Waals surface area contributed by atoms with E-state index < -0.39 is 0 Å². The van der Waals surface area contributed by atoms with Gasteiger partial charge in [0.25, 0.3) is 0 Å². The zero-order valence-corrected chi connectivity index (χ0v) is 10.2. The van der Waals surface area contributed by atoms with Gasteiger partial charge in [0, 0.05) is 18.7 Å². The molecule has 0 spiro atoms.